The van der Waals surface area contributed by atoms with Crippen LogP contribution in [0.2, 0.25) is 0 Å². The monoisotopic (exact) mass is 210 g/mol. The summed E-state index contributed by atoms with van der Waals surface area (Å²) < 4.78 is 5.05. The molecule has 4 heteroatoms. The van der Waals surface area contributed by atoms with Crippen LogP contribution in [0.1, 0.15) is 12.5 Å². The molecule has 0 aliphatic rings. The number of hydrazine groups is 1. The topological polar surface area (TPSA) is 58.7 Å². The number of rotatable bonds is 4. The van der Waals surface area contributed by atoms with Crippen LogP contribution < -0.4 is 10.6 Å². The molecule has 0 saturated carbocycles. The van der Waals surface area contributed by atoms with E-state index in [-0.39, 0.29) is 0 Å². The molecular weight excluding hydrogens is 192 g/mol. The zero-order chi connectivity index (χ0) is 11.5. The van der Waals surface area contributed by atoms with Crippen molar-refractivity contribution < 1.29 is 9.84 Å². The van der Waals surface area contributed by atoms with Crippen LogP contribution in [-0.4, -0.2) is 30.8 Å². The van der Waals surface area contributed by atoms with E-state index in [2.05, 4.69) is 0 Å². The molecular formula is C11H18N2O2. The molecule has 1 rings (SSSR count). The van der Waals surface area contributed by atoms with Crippen LogP contribution in [0.4, 0.5) is 0 Å². The molecule has 0 aliphatic heterocycles. The van der Waals surface area contributed by atoms with Gasteiger partial charge < -0.3 is 9.84 Å². The van der Waals surface area contributed by atoms with Gasteiger partial charge in [-0.25, -0.2) is 5.01 Å². The summed E-state index contributed by atoms with van der Waals surface area (Å²) in [5, 5.41) is 11.6. The van der Waals surface area contributed by atoms with E-state index in [1.807, 2.05) is 24.3 Å². The van der Waals surface area contributed by atoms with Gasteiger partial charge >= 0.3 is 0 Å². The predicted octanol–water partition coefficient (Wildman–Crippen LogP) is 0.708. The molecule has 1 aromatic carbocycles. The van der Waals surface area contributed by atoms with Crippen LogP contribution >= 0.6 is 0 Å². The minimum absolute atomic E-state index is 0.374. The number of aliphatic hydroxyl groups is 1. The lowest BCUT2D eigenvalue weighted by molar-refractivity contribution is 0.0233. The van der Waals surface area contributed by atoms with E-state index in [0.29, 0.717) is 6.54 Å². The molecule has 0 heterocycles. The van der Waals surface area contributed by atoms with E-state index >= 15 is 0 Å². The first-order valence-electron chi connectivity index (χ1n) is 4.78. The van der Waals surface area contributed by atoms with Gasteiger partial charge in [-0.15, -0.1) is 0 Å². The molecule has 15 heavy (non-hydrogen) atoms. The maximum atomic E-state index is 10.2. The summed E-state index contributed by atoms with van der Waals surface area (Å²) in [4.78, 5) is 0. The Morgan fingerprint density at radius 1 is 1.40 bits per heavy atom. The second-order valence-electron chi connectivity index (χ2n) is 3.92. The molecule has 1 unspecified atom stereocenters. The Morgan fingerprint density at radius 3 is 2.33 bits per heavy atom. The fourth-order valence-corrected chi connectivity index (χ4v) is 1.53. The van der Waals surface area contributed by atoms with Crippen LogP contribution in [0, 0.1) is 0 Å². The van der Waals surface area contributed by atoms with E-state index in [1.54, 1.807) is 21.1 Å². The van der Waals surface area contributed by atoms with Crippen LogP contribution in [0.25, 0.3) is 0 Å². The Morgan fingerprint density at radius 2 is 1.93 bits per heavy atom. The average Bonchev–Trinajstić information content (AvgIpc) is 2.16. The zero-order valence-electron chi connectivity index (χ0n) is 9.40. The third kappa shape index (κ3) is 3.20. The molecule has 0 saturated heterocycles. The highest BCUT2D eigenvalue weighted by Crippen LogP contribution is 2.23. The predicted molar refractivity (Wildman–Crippen MR) is 59.4 cm³/mol. The van der Waals surface area contributed by atoms with E-state index in [9.17, 15) is 5.11 Å². The van der Waals surface area contributed by atoms with Gasteiger partial charge in [0.2, 0.25) is 0 Å². The summed E-state index contributed by atoms with van der Waals surface area (Å²) in [5.41, 5.74) is -0.129. The number of hydrogen-bond donors (Lipinski definition) is 2. The van der Waals surface area contributed by atoms with Crippen molar-refractivity contribution in [1.82, 2.24) is 5.01 Å². The summed E-state index contributed by atoms with van der Waals surface area (Å²) >= 11 is 0. The lowest BCUT2D eigenvalue weighted by atomic mass is 9.96. The van der Waals surface area contributed by atoms with Crippen molar-refractivity contribution in [3.63, 3.8) is 0 Å². The SMILES string of the molecule is COc1ccc(C(C)(O)CN(C)N)cc1. The number of nitrogens with zero attached hydrogens (tertiary/aromatic N) is 1. The van der Waals surface area contributed by atoms with Crippen LogP contribution in [0.5, 0.6) is 5.75 Å². The minimum Gasteiger partial charge on any atom is -0.497 e. The molecule has 0 radical (unpaired) electrons. The Labute approximate surface area is 90.2 Å². The second-order valence-corrected chi connectivity index (χ2v) is 3.92. The summed E-state index contributed by atoms with van der Waals surface area (Å²) in [5.74, 6) is 6.29. The van der Waals surface area contributed by atoms with Gasteiger partial charge in [-0.1, -0.05) is 12.1 Å². The lowest BCUT2D eigenvalue weighted by Crippen LogP contribution is -2.40. The Balaban J connectivity index is 2.85. The third-order valence-corrected chi connectivity index (χ3v) is 2.27. The maximum absolute atomic E-state index is 10.2. The Bertz CT molecular complexity index is 307. The first kappa shape index (κ1) is 12.0. The fraction of sp³-hybridized carbons (Fsp3) is 0.455. The molecule has 3 N–H and O–H groups in total. The standard InChI is InChI=1S/C11H18N2O2/c1-11(14,8-13(2)12)9-4-6-10(15-3)7-5-9/h4-7,14H,8,12H2,1-3H3. The number of likely N-dealkylation sites (N-methyl/N-ethyl adjacent to an activating group) is 1. The number of ether oxygens (including phenoxy) is 1. The van der Waals surface area contributed by atoms with Gasteiger partial charge in [0.05, 0.1) is 7.11 Å². The normalized spacial score (nSPS) is 15.1. The van der Waals surface area contributed by atoms with E-state index in [1.165, 1.54) is 5.01 Å². The number of nitrogens with two attached hydrogens (primary N) is 1. The highest BCUT2D eigenvalue weighted by atomic mass is 16.5. The third-order valence-electron chi connectivity index (χ3n) is 2.27. The van der Waals surface area contributed by atoms with Crippen LogP contribution in [-0.2, 0) is 5.60 Å². The Hall–Kier alpha value is -1.10. The summed E-state index contributed by atoms with van der Waals surface area (Å²) in [6.45, 7) is 2.11. The molecule has 1 atom stereocenters. The highest BCUT2D eigenvalue weighted by molar-refractivity contribution is 5.30. The minimum atomic E-state index is -0.949. The largest absolute Gasteiger partial charge is 0.497 e. The molecule has 0 bridgehead atoms. The van der Waals surface area contributed by atoms with Crippen LogP contribution in [0.15, 0.2) is 24.3 Å². The van der Waals surface area contributed by atoms with Crippen LogP contribution in [0.3, 0.4) is 0 Å². The van der Waals surface area contributed by atoms with Gasteiger partial charge in [0, 0.05) is 13.6 Å². The highest BCUT2D eigenvalue weighted by Gasteiger charge is 2.23. The molecule has 1 aromatic rings. The van der Waals surface area contributed by atoms with Gasteiger partial charge in [0.1, 0.15) is 11.4 Å². The van der Waals surface area contributed by atoms with E-state index in [4.69, 9.17) is 10.6 Å². The van der Waals surface area contributed by atoms with Crippen molar-refractivity contribution >= 4 is 0 Å². The fourth-order valence-electron chi connectivity index (χ4n) is 1.53. The summed E-state index contributed by atoms with van der Waals surface area (Å²) in [6.07, 6.45) is 0. The van der Waals surface area contributed by atoms with Gasteiger partial charge in [0.25, 0.3) is 0 Å². The van der Waals surface area contributed by atoms with Gasteiger partial charge in [-0.2, -0.15) is 0 Å². The molecule has 0 aliphatic carbocycles. The van der Waals surface area contributed by atoms with E-state index < -0.39 is 5.60 Å². The average molecular weight is 210 g/mol. The zero-order valence-corrected chi connectivity index (χ0v) is 9.40. The van der Waals surface area contributed by atoms with Crippen molar-refractivity contribution in [2.24, 2.45) is 5.84 Å². The number of benzene rings is 1. The number of hydrogen-bond acceptors (Lipinski definition) is 4. The Kier molecular flexibility index (Phi) is 3.68. The smallest absolute Gasteiger partial charge is 0.118 e. The first-order valence-corrected chi connectivity index (χ1v) is 4.78. The molecule has 0 aromatic heterocycles. The van der Waals surface area contributed by atoms with E-state index in [0.717, 1.165) is 11.3 Å². The molecule has 0 spiro atoms. The lowest BCUT2D eigenvalue weighted by Gasteiger charge is -2.27. The summed E-state index contributed by atoms with van der Waals surface area (Å²) in [6, 6.07) is 7.31. The van der Waals surface area contributed by atoms with Crippen molar-refractivity contribution in [2.75, 3.05) is 20.7 Å². The van der Waals surface area contributed by atoms with Crippen molar-refractivity contribution in [2.45, 2.75) is 12.5 Å². The van der Waals surface area contributed by atoms with Gasteiger partial charge in [-0.3, -0.25) is 5.84 Å². The van der Waals surface area contributed by atoms with Gasteiger partial charge in [-0.05, 0) is 24.6 Å². The summed E-state index contributed by atoms with van der Waals surface area (Å²) in [7, 11) is 3.33. The first-order chi connectivity index (χ1) is 6.95. The molecule has 0 fully saturated rings. The van der Waals surface area contributed by atoms with Gasteiger partial charge in [0.15, 0.2) is 0 Å². The van der Waals surface area contributed by atoms with Crippen molar-refractivity contribution in [3.8, 4) is 5.75 Å². The number of methoxy groups -OCH3 is 1. The second kappa shape index (κ2) is 4.61. The molecule has 0 amide bonds. The molecule has 4 nitrogen and oxygen atoms in total. The van der Waals surface area contributed by atoms with Crippen molar-refractivity contribution in [1.29, 1.82) is 0 Å². The maximum Gasteiger partial charge on any atom is 0.118 e. The quantitative estimate of drug-likeness (QED) is 0.567. The molecule has 84 valence electrons. The van der Waals surface area contributed by atoms with Crippen molar-refractivity contribution in [3.05, 3.63) is 29.8 Å².